The predicted molar refractivity (Wildman–Crippen MR) is 58.5 cm³/mol. The van der Waals surface area contributed by atoms with Crippen molar-refractivity contribution in [3.63, 3.8) is 0 Å². The van der Waals surface area contributed by atoms with Crippen LogP contribution < -0.4 is 0 Å². The van der Waals surface area contributed by atoms with Gasteiger partial charge in [-0.15, -0.1) is 0 Å². The molecule has 0 atom stereocenters. The van der Waals surface area contributed by atoms with Gasteiger partial charge in [0.1, 0.15) is 0 Å². The van der Waals surface area contributed by atoms with Crippen molar-refractivity contribution in [2.75, 3.05) is 0 Å². The van der Waals surface area contributed by atoms with E-state index in [9.17, 15) is 4.79 Å². The molecule has 0 saturated carbocycles. The van der Waals surface area contributed by atoms with Gasteiger partial charge in [0.05, 0.1) is 5.56 Å². The molecule has 0 aromatic heterocycles. The highest BCUT2D eigenvalue weighted by Gasteiger charge is 2.05. The first kappa shape index (κ1) is 9.98. The van der Waals surface area contributed by atoms with Gasteiger partial charge >= 0.3 is 5.97 Å². The molecule has 0 spiro atoms. The molecule has 0 aliphatic heterocycles. The van der Waals surface area contributed by atoms with Crippen molar-refractivity contribution in [3.05, 3.63) is 35.4 Å². The Morgan fingerprint density at radius 1 is 1.58 bits per heavy atom. The van der Waals surface area contributed by atoms with Crippen LogP contribution in [0.25, 0.3) is 0 Å². The van der Waals surface area contributed by atoms with Crippen LogP contribution in [0, 0.1) is 0 Å². The summed E-state index contributed by atoms with van der Waals surface area (Å²) in [6.07, 6.45) is 0. The zero-order valence-electron chi connectivity index (χ0n) is 6.09. The van der Waals surface area contributed by atoms with Gasteiger partial charge in [0, 0.05) is 4.43 Å². The Morgan fingerprint density at radius 2 is 2.33 bits per heavy atom. The fraction of sp³-hybridized carbons (Fsp3) is 0.125. The molecule has 64 valence electrons. The Labute approximate surface area is 92.9 Å². The van der Waals surface area contributed by atoms with Crippen molar-refractivity contribution in [3.8, 4) is 0 Å². The summed E-state index contributed by atoms with van der Waals surface area (Å²) in [5.74, 6) is -0.360. The maximum Gasteiger partial charge on any atom is 0.349 e. The summed E-state index contributed by atoms with van der Waals surface area (Å²) >= 11 is 4.89. The molecule has 0 fully saturated rings. The highest BCUT2D eigenvalue weighted by molar-refractivity contribution is 14.1. The number of benzene rings is 1. The van der Waals surface area contributed by atoms with Gasteiger partial charge in [-0.25, -0.2) is 4.79 Å². The number of hydrogen-bond acceptors (Lipinski definition) is 2. The maximum absolute atomic E-state index is 11.0. The lowest BCUT2D eigenvalue weighted by atomic mass is 10.1. The summed E-state index contributed by atoms with van der Waals surface area (Å²) in [6.45, 7) is 0. The van der Waals surface area contributed by atoms with Crippen LogP contribution in [0.1, 0.15) is 15.9 Å². The van der Waals surface area contributed by atoms with Crippen molar-refractivity contribution in [1.82, 2.24) is 0 Å². The summed E-state index contributed by atoms with van der Waals surface area (Å²) < 4.78 is 5.30. The van der Waals surface area contributed by atoms with Gasteiger partial charge in [0.25, 0.3) is 0 Å². The summed E-state index contributed by atoms with van der Waals surface area (Å²) in [6, 6.07) is 7.35. The predicted octanol–water partition coefficient (Wildman–Crippen LogP) is 3.09. The van der Waals surface area contributed by atoms with Crippen molar-refractivity contribution < 1.29 is 8.62 Å². The summed E-state index contributed by atoms with van der Waals surface area (Å²) in [5, 5.41) is 0. The van der Waals surface area contributed by atoms with E-state index in [1.807, 2.05) is 18.2 Å². The Bertz CT molecular complexity index is 288. The molecule has 0 heterocycles. The van der Waals surface area contributed by atoms with E-state index in [1.165, 1.54) is 0 Å². The molecule has 1 rings (SSSR count). The first-order valence-electron chi connectivity index (χ1n) is 3.25. The zero-order valence-corrected chi connectivity index (χ0v) is 9.83. The number of carbonyl (C=O) groups is 1. The molecule has 0 aliphatic rings. The van der Waals surface area contributed by atoms with Gasteiger partial charge in [0.15, 0.2) is 16.3 Å². The molecule has 0 unspecified atom stereocenters. The van der Waals surface area contributed by atoms with Crippen molar-refractivity contribution in [2.24, 2.45) is 0 Å². The molecule has 4 heteroatoms. The van der Waals surface area contributed by atoms with Gasteiger partial charge in [-0.3, -0.25) is 0 Å². The second-order valence-corrected chi connectivity index (χ2v) is 3.29. The van der Waals surface area contributed by atoms with E-state index in [1.54, 1.807) is 6.07 Å². The molecule has 1 aromatic rings. The zero-order chi connectivity index (χ0) is 8.97. The smallest absolute Gasteiger partial charge is 0.349 e. The molecule has 2 nitrogen and oxygen atoms in total. The normalized spacial score (nSPS) is 9.50. The van der Waals surface area contributed by atoms with Crippen LogP contribution in [-0.4, -0.2) is 5.97 Å². The summed E-state index contributed by atoms with van der Waals surface area (Å²) in [5.41, 5.74) is 1.69. The minimum absolute atomic E-state index is 0.360. The first-order valence-corrected chi connectivity index (χ1v) is 5.43. The molecular weight excluding hydrogens is 335 g/mol. The standard InChI is InChI=1S/C8H6BrIO2/c9-12-8(11)7-3-1-2-6(4-7)5-10/h1-4H,5H2. The second-order valence-electron chi connectivity index (χ2n) is 2.20. The quantitative estimate of drug-likeness (QED) is 0.611. The summed E-state index contributed by atoms with van der Waals surface area (Å²) in [7, 11) is 0. The van der Waals surface area contributed by atoms with E-state index in [0.717, 1.165) is 9.99 Å². The largest absolute Gasteiger partial charge is 0.380 e. The maximum atomic E-state index is 11.0. The topological polar surface area (TPSA) is 26.3 Å². The van der Waals surface area contributed by atoms with E-state index in [2.05, 4.69) is 42.7 Å². The molecule has 0 N–H and O–H groups in total. The lowest BCUT2D eigenvalue weighted by Crippen LogP contribution is -1.97. The van der Waals surface area contributed by atoms with Crippen LogP contribution in [0.3, 0.4) is 0 Å². The van der Waals surface area contributed by atoms with Crippen LogP contribution in [0.2, 0.25) is 0 Å². The number of rotatable bonds is 2. The van der Waals surface area contributed by atoms with E-state index in [-0.39, 0.29) is 5.97 Å². The van der Waals surface area contributed by atoms with E-state index in [4.69, 9.17) is 0 Å². The molecule has 1 aromatic carbocycles. The number of alkyl halides is 1. The lowest BCUT2D eigenvalue weighted by molar-refractivity contribution is 0.0782. The van der Waals surface area contributed by atoms with Gasteiger partial charge in [-0.2, -0.15) is 0 Å². The average Bonchev–Trinajstić information content (AvgIpc) is 2.17. The Kier molecular flexibility index (Phi) is 4.00. The van der Waals surface area contributed by atoms with Gasteiger partial charge in [0.2, 0.25) is 0 Å². The third-order valence-corrected chi connectivity index (χ3v) is 2.56. The molecule has 0 bridgehead atoms. The number of carbonyl (C=O) groups excluding carboxylic acids is 1. The van der Waals surface area contributed by atoms with E-state index >= 15 is 0 Å². The SMILES string of the molecule is O=C(OBr)c1cccc(CI)c1. The van der Waals surface area contributed by atoms with Crippen LogP contribution in [-0.2, 0) is 8.26 Å². The van der Waals surface area contributed by atoms with Crippen molar-refractivity contribution >= 4 is 44.8 Å². The fourth-order valence-electron chi connectivity index (χ4n) is 0.826. The minimum Gasteiger partial charge on any atom is -0.380 e. The number of hydrogen-bond donors (Lipinski definition) is 0. The van der Waals surface area contributed by atoms with Crippen LogP contribution in [0.4, 0.5) is 0 Å². The van der Waals surface area contributed by atoms with Crippen molar-refractivity contribution in [1.29, 1.82) is 0 Å². The fourth-order valence-corrected chi connectivity index (χ4v) is 1.49. The highest BCUT2D eigenvalue weighted by Crippen LogP contribution is 2.10. The summed E-state index contributed by atoms with van der Waals surface area (Å²) in [4.78, 5) is 11.0. The molecule has 0 radical (unpaired) electrons. The van der Waals surface area contributed by atoms with Crippen molar-refractivity contribution in [2.45, 2.75) is 4.43 Å². The van der Waals surface area contributed by atoms with E-state index < -0.39 is 0 Å². The molecule has 0 aliphatic carbocycles. The second kappa shape index (κ2) is 4.81. The average molecular weight is 341 g/mol. The lowest BCUT2D eigenvalue weighted by Gasteiger charge is -1.98. The Morgan fingerprint density at radius 3 is 2.92 bits per heavy atom. The van der Waals surface area contributed by atoms with Crippen LogP contribution >= 0.6 is 38.8 Å². The highest BCUT2D eigenvalue weighted by atomic mass is 127. The van der Waals surface area contributed by atoms with E-state index in [0.29, 0.717) is 5.56 Å². The Hall–Kier alpha value is -0.100. The van der Waals surface area contributed by atoms with Gasteiger partial charge in [-0.1, -0.05) is 34.7 Å². The third-order valence-electron chi connectivity index (χ3n) is 1.39. The van der Waals surface area contributed by atoms with Crippen LogP contribution in [0.15, 0.2) is 24.3 Å². The minimum atomic E-state index is -0.360. The Balaban J connectivity index is 2.93. The van der Waals surface area contributed by atoms with Crippen LogP contribution in [0.5, 0.6) is 0 Å². The number of halogens is 2. The molecule has 0 saturated heterocycles. The molecular formula is C8H6BrIO2. The first-order chi connectivity index (χ1) is 5.77. The van der Waals surface area contributed by atoms with Gasteiger partial charge < -0.3 is 3.83 Å². The molecule has 12 heavy (non-hydrogen) atoms. The molecule has 0 amide bonds. The third kappa shape index (κ3) is 2.45. The monoisotopic (exact) mass is 340 g/mol. The van der Waals surface area contributed by atoms with Gasteiger partial charge in [-0.05, 0) is 17.7 Å².